The number of furan rings is 1. The lowest BCUT2D eigenvalue weighted by atomic mass is 10.0. The van der Waals surface area contributed by atoms with E-state index in [1.165, 1.54) is 0 Å². The van der Waals surface area contributed by atoms with Crippen LogP contribution >= 0.6 is 0 Å². The van der Waals surface area contributed by atoms with Gasteiger partial charge in [-0.1, -0.05) is 19.8 Å². The Morgan fingerprint density at radius 2 is 2.28 bits per heavy atom. The van der Waals surface area contributed by atoms with E-state index in [2.05, 4.69) is 6.07 Å². The Kier molecular flexibility index (Phi) is 4.03. The molecule has 1 aromatic rings. The molecule has 0 spiro atoms. The van der Waals surface area contributed by atoms with E-state index in [1.807, 2.05) is 6.92 Å². The van der Waals surface area contributed by atoms with Crippen LogP contribution in [0.15, 0.2) is 16.5 Å². The van der Waals surface area contributed by atoms with Gasteiger partial charge in [-0.3, -0.25) is 0 Å². The topological polar surface area (TPSA) is 63.2 Å². The summed E-state index contributed by atoms with van der Waals surface area (Å²) in [7, 11) is 0. The highest BCUT2D eigenvalue weighted by atomic mass is 16.6. The summed E-state index contributed by atoms with van der Waals surface area (Å²) in [6, 6.07) is 5.44. The first-order valence-electron chi connectivity index (χ1n) is 6.44. The molecule has 0 saturated heterocycles. The molecule has 0 aromatic carbocycles. The minimum absolute atomic E-state index is 0.180. The van der Waals surface area contributed by atoms with Crippen molar-refractivity contribution < 1.29 is 13.9 Å². The number of rotatable bonds is 4. The van der Waals surface area contributed by atoms with Gasteiger partial charge in [-0.15, -0.1) is 0 Å². The summed E-state index contributed by atoms with van der Waals surface area (Å²) in [5.41, 5.74) is 0. The zero-order chi connectivity index (χ0) is 13.0. The van der Waals surface area contributed by atoms with Crippen molar-refractivity contribution in [2.24, 2.45) is 5.92 Å². The van der Waals surface area contributed by atoms with Crippen LogP contribution < -0.4 is 0 Å². The molecule has 0 amide bonds. The van der Waals surface area contributed by atoms with Gasteiger partial charge in [-0.2, -0.15) is 5.26 Å². The largest absolute Gasteiger partial charge is 0.454 e. The summed E-state index contributed by atoms with van der Waals surface area (Å²) in [4.78, 5) is 11.8. The fourth-order valence-electron chi connectivity index (χ4n) is 2.34. The van der Waals surface area contributed by atoms with Crippen molar-refractivity contribution >= 4 is 5.97 Å². The fourth-order valence-corrected chi connectivity index (χ4v) is 2.34. The highest BCUT2D eigenvalue weighted by molar-refractivity contribution is 5.86. The van der Waals surface area contributed by atoms with Crippen molar-refractivity contribution in [2.45, 2.75) is 45.1 Å². The zero-order valence-corrected chi connectivity index (χ0v) is 10.5. The lowest BCUT2D eigenvalue weighted by molar-refractivity contribution is 0.0261. The molecular formula is C14H17NO3. The molecule has 18 heavy (non-hydrogen) atoms. The minimum atomic E-state index is -0.643. The molecule has 1 fully saturated rings. The van der Waals surface area contributed by atoms with Crippen LogP contribution in [0.3, 0.4) is 0 Å². The van der Waals surface area contributed by atoms with Crippen LogP contribution in [0.1, 0.15) is 48.9 Å². The quantitative estimate of drug-likeness (QED) is 0.767. The molecule has 1 aromatic heterocycles. The van der Waals surface area contributed by atoms with Crippen molar-refractivity contribution in [1.29, 1.82) is 5.26 Å². The monoisotopic (exact) mass is 247 g/mol. The van der Waals surface area contributed by atoms with Crippen LogP contribution in [-0.2, 0) is 11.2 Å². The van der Waals surface area contributed by atoms with Crippen molar-refractivity contribution in [1.82, 2.24) is 0 Å². The molecule has 0 aliphatic heterocycles. The number of carbonyl (C=O) groups is 1. The number of carbonyl (C=O) groups excluding carboxylic acids is 1. The Morgan fingerprint density at radius 1 is 1.56 bits per heavy atom. The number of nitriles is 1. The van der Waals surface area contributed by atoms with Gasteiger partial charge < -0.3 is 9.15 Å². The van der Waals surface area contributed by atoms with Crippen LogP contribution in [0.2, 0.25) is 0 Å². The molecule has 4 nitrogen and oxygen atoms in total. The predicted octanol–water partition coefficient (Wildman–Crippen LogP) is 3.08. The number of hydrogen-bond acceptors (Lipinski definition) is 4. The van der Waals surface area contributed by atoms with Gasteiger partial charge in [0.15, 0.2) is 6.10 Å². The Labute approximate surface area is 107 Å². The maximum absolute atomic E-state index is 11.8. The second-order valence-corrected chi connectivity index (χ2v) is 4.62. The van der Waals surface area contributed by atoms with Gasteiger partial charge in [-0.05, 0) is 25.0 Å². The summed E-state index contributed by atoms with van der Waals surface area (Å²) in [6.45, 7) is 1.95. The highest BCUT2D eigenvalue weighted by Crippen LogP contribution is 2.29. The number of esters is 1. The molecule has 0 N–H and O–H groups in total. The summed E-state index contributed by atoms with van der Waals surface area (Å²) in [5, 5.41) is 9.08. The Hall–Kier alpha value is -1.76. The standard InChI is InChI=1S/C14H17NO3/c1-2-11-7-8-12(17-11)14(16)18-13(9-15)10-5-3-4-6-10/h7-8,10,13H,2-6H2,1H3/t13-/m0/s1. The first kappa shape index (κ1) is 12.7. The molecule has 2 rings (SSSR count). The Balaban J connectivity index is 1.98. The third-order valence-corrected chi connectivity index (χ3v) is 3.40. The van der Waals surface area contributed by atoms with Crippen LogP contribution in [0.25, 0.3) is 0 Å². The third-order valence-electron chi connectivity index (χ3n) is 3.40. The van der Waals surface area contributed by atoms with E-state index in [9.17, 15) is 4.79 Å². The maximum atomic E-state index is 11.8. The first-order chi connectivity index (χ1) is 8.74. The van der Waals surface area contributed by atoms with E-state index in [4.69, 9.17) is 14.4 Å². The second-order valence-electron chi connectivity index (χ2n) is 4.62. The maximum Gasteiger partial charge on any atom is 0.375 e. The van der Waals surface area contributed by atoms with E-state index in [0.717, 1.165) is 37.9 Å². The Morgan fingerprint density at radius 3 is 2.83 bits per heavy atom. The second kappa shape index (κ2) is 5.72. The normalized spacial score (nSPS) is 17.3. The van der Waals surface area contributed by atoms with Crippen molar-refractivity contribution in [2.75, 3.05) is 0 Å². The van der Waals surface area contributed by atoms with E-state index >= 15 is 0 Å². The van der Waals surface area contributed by atoms with Gasteiger partial charge in [0.25, 0.3) is 0 Å². The van der Waals surface area contributed by atoms with E-state index in [0.29, 0.717) is 0 Å². The summed E-state index contributed by atoms with van der Waals surface area (Å²) in [5.74, 6) is 0.578. The highest BCUT2D eigenvalue weighted by Gasteiger charge is 2.29. The van der Waals surface area contributed by atoms with Gasteiger partial charge in [0.1, 0.15) is 11.8 Å². The average molecular weight is 247 g/mol. The molecule has 0 unspecified atom stereocenters. The lowest BCUT2D eigenvalue weighted by Crippen LogP contribution is -2.23. The molecule has 1 saturated carbocycles. The molecule has 4 heteroatoms. The van der Waals surface area contributed by atoms with Gasteiger partial charge in [-0.25, -0.2) is 4.79 Å². The summed E-state index contributed by atoms with van der Waals surface area (Å²) < 4.78 is 10.6. The predicted molar refractivity (Wildman–Crippen MR) is 64.9 cm³/mol. The average Bonchev–Trinajstić information content (AvgIpc) is 3.05. The fraction of sp³-hybridized carbons (Fsp3) is 0.571. The van der Waals surface area contributed by atoms with Crippen LogP contribution in [0, 0.1) is 17.2 Å². The van der Waals surface area contributed by atoms with Gasteiger partial charge >= 0.3 is 5.97 Å². The lowest BCUT2D eigenvalue weighted by Gasteiger charge is -2.15. The van der Waals surface area contributed by atoms with Crippen LogP contribution in [-0.4, -0.2) is 12.1 Å². The van der Waals surface area contributed by atoms with Crippen molar-refractivity contribution in [3.05, 3.63) is 23.7 Å². The van der Waals surface area contributed by atoms with Crippen molar-refractivity contribution in [3.63, 3.8) is 0 Å². The number of nitrogens with zero attached hydrogens (tertiary/aromatic N) is 1. The van der Waals surface area contributed by atoms with Gasteiger partial charge in [0.2, 0.25) is 5.76 Å². The number of hydrogen-bond donors (Lipinski definition) is 0. The molecule has 0 radical (unpaired) electrons. The van der Waals surface area contributed by atoms with E-state index in [-0.39, 0.29) is 11.7 Å². The van der Waals surface area contributed by atoms with Crippen LogP contribution in [0.4, 0.5) is 0 Å². The SMILES string of the molecule is CCc1ccc(C(=O)O[C@@H](C#N)C2CCCC2)o1. The smallest absolute Gasteiger partial charge is 0.375 e. The molecular weight excluding hydrogens is 230 g/mol. The third kappa shape index (κ3) is 2.73. The Bertz CT molecular complexity index is 452. The van der Waals surface area contributed by atoms with E-state index in [1.54, 1.807) is 12.1 Å². The molecule has 1 aliphatic carbocycles. The first-order valence-corrected chi connectivity index (χ1v) is 6.44. The van der Waals surface area contributed by atoms with Crippen molar-refractivity contribution in [3.8, 4) is 6.07 Å². The summed E-state index contributed by atoms with van der Waals surface area (Å²) in [6.07, 6.45) is 4.24. The van der Waals surface area contributed by atoms with E-state index < -0.39 is 12.1 Å². The van der Waals surface area contributed by atoms with Crippen LogP contribution in [0.5, 0.6) is 0 Å². The zero-order valence-electron chi connectivity index (χ0n) is 10.5. The number of ether oxygens (including phenoxy) is 1. The van der Waals surface area contributed by atoms with Gasteiger partial charge in [0, 0.05) is 12.3 Å². The molecule has 96 valence electrons. The minimum Gasteiger partial charge on any atom is -0.454 e. The molecule has 0 bridgehead atoms. The summed E-state index contributed by atoms with van der Waals surface area (Å²) >= 11 is 0. The van der Waals surface area contributed by atoms with Gasteiger partial charge in [0.05, 0.1) is 0 Å². The molecule has 1 aliphatic rings. The molecule has 1 heterocycles. The number of aryl methyl sites for hydroxylation is 1. The molecule has 1 atom stereocenters.